The van der Waals surface area contributed by atoms with Crippen LogP contribution in [0.3, 0.4) is 0 Å². The Balaban J connectivity index is 0.673. The predicted molar refractivity (Wildman–Crippen MR) is 308 cm³/mol. The first kappa shape index (κ1) is 61.5. The van der Waals surface area contributed by atoms with Gasteiger partial charge in [-0.2, -0.15) is 14.4 Å². The van der Waals surface area contributed by atoms with Gasteiger partial charge in [-0.25, -0.2) is 23.1 Å². The highest BCUT2D eigenvalue weighted by molar-refractivity contribution is 7.89. The number of rotatable bonds is 28. The summed E-state index contributed by atoms with van der Waals surface area (Å²) in [6.45, 7) is 15.1. The molecule has 5 aromatic rings. The molecule has 1 aliphatic carbocycles. The smallest absolute Gasteiger partial charge is 0.246 e. The Morgan fingerprint density at radius 1 is 0.827 bits per heavy atom. The van der Waals surface area contributed by atoms with E-state index < -0.39 is 45.4 Å². The lowest BCUT2D eigenvalue weighted by molar-refractivity contribution is -0.144. The van der Waals surface area contributed by atoms with Gasteiger partial charge in [0, 0.05) is 70.5 Å². The number of fused-ring (bicyclic) bond motifs is 1. The van der Waals surface area contributed by atoms with Gasteiger partial charge in [0.1, 0.15) is 24.4 Å². The van der Waals surface area contributed by atoms with E-state index in [0.717, 1.165) is 70.5 Å². The number of piperazine rings is 1. The number of carbonyl (C=O) groups is 3. The van der Waals surface area contributed by atoms with Crippen molar-refractivity contribution in [1.29, 1.82) is 0 Å². The van der Waals surface area contributed by atoms with Crippen LogP contribution in [0.2, 0.25) is 0 Å². The van der Waals surface area contributed by atoms with Crippen molar-refractivity contribution in [2.24, 2.45) is 5.41 Å². The highest BCUT2D eigenvalue weighted by atomic mass is 32.2. The van der Waals surface area contributed by atoms with Gasteiger partial charge in [-0.05, 0) is 67.7 Å². The van der Waals surface area contributed by atoms with E-state index in [4.69, 9.17) is 29.0 Å². The fraction of sp³-hybridized carbons (Fsp3) is 0.596. The molecule has 442 valence electrons. The van der Waals surface area contributed by atoms with Crippen LogP contribution in [0.4, 0.5) is 5.95 Å². The molecule has 0 spiro atoms. The average molecular weight is 1160 g/mol. The van der Waals surface area contributed by atoms with Crippen LogP contribution < -0.4 is 16.0 Å². The fourth-order valence-electron chi connectivity index (χ4n) is 10.3. The number of unbranched alkanes of at least 4 members (excludes halogenated alkanes) is 1. The standard InChI is InChI=1S/C57H81N11O11S2/c1-6-7-20-58-56-60-35-47-50(64-68(53(47)63-56)43-14-16-44(69)17-15-43)41-12-18-46(19-13-41)81(74,75)66-23-21-65(22-24-66)25-26-76-27-28-77-29-30-78-31-32-79-37-49(71)62-52(57(3,4)5)55(73)67-36-45(70)33-48(67)54(72)59-34-40-8-10-42(11-9-40)51-39(2)61-38-80-51/h8-13,18-19,35,38,43-45,48,52,69-70H,6-7,14-17,20-34,36-37H2,1-5H3,(H,59,72)(H,62,71)(H,58,60,63)/t43-,44-,45-,48+,52-/m1/s1. The number of nitrogens with zero attached hydrogens (tertiary/aromatic N) is 8. The lowest BCUT2D eigenvalue weighted by Gasteiger charge is -2.35. The summed E-state index contributed by atoms with van der Waals surface area (Å²) >= 11 is 1.57. The maximum Gasteiger partial charge on any atom is 0.246 e. The van der Waals surface area contributed by atoms with Crippen molar-refractivity contribution in [3.63, 3.8) is 0 Å². The van der Waals surface area contributed by atoms with Gasteiger partial charge in [0.05, 0.1) is 90.9 Å². The summed E-state index contributed by atoms with van der Waals surface area (Å²) < 4.78 is 53.7. The Hall–Kier alpha value is -5.54. The molecular formula is C57H81N11O11S2. The second-order valence-corrected chi connectivity index (χ2v) is 24.9. The van der Waals surface area contributed by atoms with Crippen molar-refractivity contribution in [2.75, 3.05) is 104 Å². The number of aliphatic hydroxyl groups excluding tert-OH is 2. The minimum absolute atomic E-state index is 0.0261. The Kier molecular flexibility index (Phi) is 22.1. The maximum atomic E-state index is 14.0. The van der Waals surface area contributed by atoms with Crippen molar-refractivity contribution in [3.05, 3.63) is 71.5 Å². The lowest BCUT2D eigenvalue weighted by atomic mass is 9.85. The maximum absolute atomic E-state index is 14.0. The minimum atomic E-state index is -3.73. The second kappa shape index (κ2) is 29.1. The third-order valence-corrected chi connectivity index (χ3v) is 17.9. The SMILES string of the molecule is CCCCNc1ncc2c(-c3ccc(S(=O)(=O)N4CCN(CCOCCOCCOCCOCC(=O)N[C@H](C(=O)N5C[C@H](O)C[C@H]5C(=O)NCc5ccc(-c6scnc6C)cc5)C(C)(C)C)CC4)cc3)nn([C@H]3CC[C@H](O)CC3)c2n1. The van der Waals surface area contributed by atoms with Gasteiger partial charge in [0.15, 0.2) is 5.65 Å². The molecule has 2 aliphatic heterocycles. The van der Waals surface area contributed by atoms with Crippen LogP contribution in [0.5, 0.6) is 0 Å². The van der Waals surface area contributed by atoms with E-state index in [2.05, 4.69) is 37.7 Å². The van der Waals surface area contributed by atoms with Crippen LogP contribution in [0, 0.1) is 12.3 Å². The molecule has 22 nitrogen and oxygen atoms in total. The molecule has 3 aromatic heterocycles. The third-order valence-electron chi connectivity index (χ3n) is 15.0. The van der Waals surface area contributed by atoms with Crippen LogP contribution in [-0.2, 0) is 49.9 Å². The number of nitrogens with one attached hydrogen (secondary N) is 3. The fourth-order valence-corrected chi connectivity index (χ4v) is 12.5. The predicted octanol–water partition coefficient (Wildman–Crippen LogP) is 4.80. The summed E-state index contributed by atoms with van der Waals surface area (Å²) in [6, 6.07) is 13.0. The third kappa shape index (κ3) is 16.6. The molecule has 5 N–H and O–H groups in total. The molecule has 2 saturated heterocycles. The molecular weight excluding hydrogens is 1080 g/mol. The number of aliphatic hydroxyl groups is 2. The van der Waals surface area contributed by atoms with Gasteiger partial charge in [-0.3, -0.25) is 19.3 Å². The van der Waals surface area contributed by atoms with Crippen molar-refractivity contribution < 1.29 is 52.0 Å². The van der Waals surface area contributed by atoms with Crippen LogP contribution in [-0.4, -0.2) is 198 Å². The first-order valence-corrected chi connectivity index (χ1v) is 30.7. The van der Waals surface area contributed by atoms with Crippen LogP contribution in [0.1, 0.15) is 89.9 Å². The van der Waals surface area contributed by atoms with Gasteiger partial charge in [0.25, 0.3) is 0 Å². The van der Waals surface area contributed by atoms with Crippen molar-refractivity contribution >= 4 is 56.1 Å². The molecule has 3 amide bonds. The number of β-amino-alcohol motifs (C(OH)–C–C–N with tert-alkyl or cyclic N) is 1. The summed E-state index contributed by atoms with van der Waals surface area (Å²) in [5.41, 5.74) is 6.18. The summed E-state index contributed by atoms with van der Waals surface area (Å²) in [7, 11) is -3.73. The van der Waals surface area contributed by atoms with Gasteiger partial charge in [0.2, 0.25) is 33.7 Å². The van der Waals surface area contributed by atoms with Gasteiger partial charge < -0.3 is 50.0 Å². The molecule has 81 heavy (non-hydrogen) atoms. The summed E-state index contributed by atoms with van der Waals surface area (Å²) in [5, 5.41) is 35.6. The average Bonchev–Trinajstić information content (AvgIpc) is 4.20. The Labute approximate surface area is 479 Å². The van der Waals surface area contributed by atoms with Gasteiger partial charge in [-0.1, -0.05) is 70.5 Å². The van der Waals surface area contributed by atoms with Gasteiger partial charge >= 0.3 is 0 Å². The molecule has 0 radical (unpaired) electrons. The number of aryl methyl sites for hydroxylation is 1. The number of amides is 3. The molecule has 1 saturated carbocycles. The lowest BCUT2D eigenvalue weighted by Crippen LogP contribution is -2.58. The van der Waals surface area contributed by atoms with E-state index in [1.807, 2.05) is 62.2 Å². The number of sulfonamides is 1. The molecule has 3 atom stereocenters. The number of aromatic nitrogens is 5. The topological polar surface area (TPSA) is 265 Å². The number of carbonyl (C=O) groups excluding carboxylic acids is 3. The Morgan fingerprint density at radius 3 is 2.12 bits per heavy atom. The van der Waals surface area contributed by atoms with E-state index in [-0.39, 0.29) is 62.3 Å². The number of hydrogen-bond donors (Lipinski definition) is 5. The molecule has 2 aromatic carbocycles. The van der Waals surface area contributed by atoms with Crippen LogP contribution >= 0.6 is 11.3 Å². The van der Waals surface area contributed by atoms with Crippen LogP contribution in [0.15, 0.2) is 65.1 Å². The van der Waals surface area contributed by atoms with E-state index in [9.17, 15) is 33.0 Å². The zero-order chi connectivity index (χ0) is 57.5. The summed E-state index contributed by atoms with van der Waals surface area (Å²) in [6.07, 6.45) is 5.74. The monoisotopic (exact) mass is 1160 g/mol. The molecule has 3 aliphatic rings. The second-order valence-electron chi connectivity index (χ2n) is 22.1. The number of likely N-dealkylation sites (tertiary alicyclic amines) is 1. The normalized spacial score (nSPS) is 19.7. The highest BCUT2D eigenvalue weighted by Crippen LogP contribution is 2.36. The van der Waals surface area contributed by atoms with E-state index in [1.54, 1.807) is 41.8 Å². The molecule has 3 fully saturated rings. The first-order valence-electron chi connectivity index (χ1n) is 28.4. The van der Waals surface area contributed by atoms with Gasteiger partial charge in [-0.15, -0.1) is 11.3 Å². The molecule has 5 heterocycles. The zero-order valence-electron chi connectivity index (χ0n) is 47.4. The number of ether oxygens (including phenoxy) is 4. The first-order chi connectivity index (χ1) is 39.0. The van der Waals surface area contributed by atoms with Crippen LogP contribution in [0.25, 0.3) is 32.7 Å². The largest absolute Gasteiger partial charge is 0.393 e. The Morgan fingerprint density at radius 2 is 1.48 bits per heavy atom. The zero-order valence-corrected chi connectivity index (χ0v) is 49.0. The number of anilines is 1. The summed E-state index contributed by atoms with van der Waals surface area (Å²) in [4.78, 5) is 59.1. The molecule has 0 unspecified atom stereocenters. The number of benzene rings is 2. The van der Waals surface area contributed by atoms with E-state index in [0.29, 0.717) is 90.2 Å². The van der Waals surface area contributed by atoms with Crippen molar-refractivity contribution in [3.8, 4) is 21.7 Å². The molecule has 8 rings (SSSR count). The Bertz CT molecular complexity index is 2940. The molecule has 24 heteroatoms. The quantitative estimate of drug-likeness (QED) is 0.0421. The van der Waals surface area contributed by atoms with E-state index >= 15 is 0 Å². The highest BCUT2D eigenvalue weighted by Gasteiger charge is 2.44. The van der Waals surface area contributed by atoms with E-state index in [1.165, 1.54) is 9.21 Å². The molecule has 0 bridgehead atoms. The number of thiazole rings is 1. The van der Waals surface area contributed by atoms with Crippen molar-refractivity contribution in [2.45, 2.75) is 121 Å². The van der Waals surface area contributed by atoms with Crippen molar-refractivity contribution in [1.82, 2.24) is 49.5 Å². The minimum Gasteiger partial charge on any atom is -0.393 e. The summed E-state index contributed by atoms with van der Waals surface area (Å²) in [5.74, 6) is -0.780. The number of hydrogen-bond acceptors (Lipinski definition) is 18.